The first kappa shape index (κ1) is 15.7. The molecule has 1 atom stereocenters. The number of likely N-dealkylation sites (tertiary alicyclic amines) is 1. The topological polar surface area (TPSA) is 51.0 Å². The summed E-state index contributed by atoms with van der Waals surface area (Å²) in [7, 11) is 0. The lowest BCUT2D eigenvalue weighted by molar-refractivity contribution is -0.136. The summed E-state index contributed by atoms with van der Waals surface area (Å²) in [5, 5.41) is 4.24. The van der Waals surface area contributed by atoms with E-state index in [1.165, 1.54) is 5.56 Å². The summed E-state index contributed by atoms with van der Waals surface area (Å²) in [5.74, 6) is 0.851. The summed E-state index contributed by atoms with van der Waals surface area (Å²) in [6, 6.07) is 5.83. The van der Waals surface area contributed by atoms with Gasteiger partial charge in [0.2, 0.25) is 5.91 Å². The summed E-state index contributed by atoms with van der Waals surface area (Å²) in [5.41, 5.74) is 1.29. The van der Waals surface area contributed by atoms with E-state index in [9.17, 15) is 4.79 Å². The fraction of sp³-hybridized carbons (Fsp3) is 0.500. The molecule has 0 aromatic carbocycles. The molecule has 3 rings (SSSR count). The first-order valence-electron chi connectivity index (χ1n) is 8.44. The minimum Gasteiger partial charge on any atom is -0.341 e. The number of rotatable bonds is 5. The van der Waals surface area contributed by atoms with E-state index in [4.69, 9.17) is 0 Å². The average molecular weight is 312 g/mol. The monoisotopic (exact) mass is 312 g/mol. The van der Waals surface area contributed by atoms with Crippen molar-refractivity contribution in [3.8, 4) is 0 Å². The maximum atomic E-state index is 12.7. The first-order chi connectivity index (χ1) is 11.3. The molecule has 2 aromatic rings. The molecule has 0 radical (unpaired) electrons. The van der Waals surface area contributed by atoms with Crippen molar-refractivity contribution in [2.45, 2.75) is 38.6 Å². The fourth-order valence-electron chi connectivity index (χ4n) is 3.36. The highest BCUT2D eigenvalue weighted by Gasteiger charge is 2.28. The zero-order chi connectivity index (χ0) is 16.1. The smallest absolute Gasteiger partial charge is 0.247 e. The third-order valence-corrected chi connectivity index (χ3v) is 4.69. The minimum absolute atomic E-state index is 0.167. The Morgan fingerprint density at radius 3 is 2.74 bits per heavy atom. The second-order valence-electron chi connectivity index (χ2n) is 6.24. The molecule has 0 saturated carbocycles. The van der Waals surface area contributed by atoms with Crippen molar-refractivity contribution in [1.82, 2.24) is 19.7 Å². The van der Waals surface area contributed by atoms with Gasteiger partial charge in [-0.05, 0) is 49.3 Å². The van der Waals surface area contributed by atoms with Crippen molar-refractivity contribution in [2.75, 3.05) is 13.1 Å². The number of carbonyl (C=O) groups is 1. The Kier molecular flexibility index (Phi) is 5.05. The number of aromatic nitrogens is 3. The van der Waals surface area contributed by atoms with Crippen LogP contribution in [-0.4, -0.2) is 38.7 Å². The van der Waals surface area contributed by atoms with Gasteiger partial charge in [-0.2, -0.15) is 5.10 Å². The molecule has 0 bridgehead atoms. The summed E-state index contributed by atoms with van der Waals surface area (Å²) >= 11 is 0. The van der Waals surface area contributed by atoms with E-state index < -0.39 is 0 Å². The first-order valence-corrected chi connectivity index (χ1v) is 8.44. The number of amides is 1. The molecule has 1 amide bonds. The van der Waals surface area contributed by atoms with Gasteiger partial charge in [-0.25, -0.2) is 0 Å². The van der Waals surface area contributed by atoms with E-state index >= 15 is 0 Å². The number of pyridine rings is 1. The maximum Gasteiger partial charge on any atom is 0.247 e. The number of nitrogens with zero attached hydrogens (tertiary/aromatic N) is 4. The van der Waals surface area contributed by atoms with E-state index in [2.05, 4.69) is 16.1 Å². The van der Waals surface area contributed by atoms with Crippen molar-refractivity contribution in [1.29, 1.82) is 0 Å². The fourth-order valence-corrected chi connectivity index (χ4v) is 3.36. The summed E-state index contributed by atoms with van der Waals surface area (Å²) in [6.45, 7) is 3.74. The molecule has 1 unspecified atom stereocenters. The molecule has 1 aliphatic rings. The maximum absolute atomic E-state index is 12.7. The number of hydrogen-bond acceptors (Lipinski definition) is 3. The molecule has 3 heterocycles. The van der Waals surface area contributed by atoms with Gasteiger partial charge in [0.15, 0.2) is 0 Å². The molecule has 1 saturated heterocycles. The number of piperidine rings is 1. The summed E-state index contributed by atoms with van der Waals surface area (Å²) in [6.07, 6.45) is 11.3. The van der Waals surface area contributed by atoms with Gasteiger partial charge in [0.25, 0.3) is 0 Å². The highest BCUT2D eigenvalue weighted by atomic mass is 16.2. The Morgan fingerprint density at radius 2 is 2.13 bits per heavy atom. The Morgan fingerprint density at radius 1 is 1.30 bits per heavy atom. The van der Waals surface area contributed by atoms with Crippen LogP contribution < -0.4 is 0 Å². The molecule has 0 N–H and O–H groups in total. The van der Waals surface area contributed by atoms with E-state index in [-0.39, 0.29) is 11.9 Å². The molecule has 2 aromatic heterocycles. The van der Waals surface area contributed by atoms with E-state index in [1.54, 1.807) is 10.9 Å². The molecular formula is C18H24N4O. The van der Waals surface area contributed by atoms with Gasteiger partial charge in [0.05, 0.1) is 0 Å². The van der Waals surface area contributed by atoms with Gasteiger partial charge >= 0.3 is 0 Å². The van der Waals surface area contributed by atoms with Gasteiger partial charge in [0, 0.05) is 37.9 Å². The predicted molar refractivity (Wildman–Crippen MR) is 88.8 cm³/mol. The van der Waals surface area contributed by atoms with Gasteiger partial charge < -0.3 is 4.90 Å². The normalized spacial score (nSPS) is 17.2. The Balaban J connectivity index is 1.55. The van der Waals surface area contributed by atoms with Crippen LogP contribution in [0.25, 0.3) is 0 Å². The van der Waals surface area contributed by atoms with Crippen LogP contribution in [0, 0.1) is 5.92 Å². The van der Waals surface area contributed by atoms with Crippen molar-refractivity contribution >= 4 is 5.91 Å². The largest absolute Gasteiger partial charge is 0.341 e. The standard InChI is InChI=1S/C18H24N4O/c1-2-17(22-10-4-9-20-22)18(23)21-11-6-15(7-12-21)13-16-5-3-8-19-14-16/h3-5,8-10,14-15,17H,2,6-7,11-13H2,1H3. The molecule has 23 heavy (non-hydrogen) atoms. The van der Waals surface area contributed by atoms with E-state index in [1.807, 2.05) is 42.5 Å². The minimum atomic E-state index is -0.167. The lowest BCUT2D eigenvalue weighted by Crippen LogP contribution is -2.42. The average Bonchev–Trinajstić information content (AvgIpc) is 3.11. The molecule has 122 valence electrons. The lowest BCUT2D eigenvalue weighted by Gasteiger charge is -2.34. The van der Waals surface area contributed by atoms with Gasteiger partial charge in [-0.3, -0.25) is 14.5 Å². The van der Waals surface area contributed by atoms with Crippen LogP contribution in [-0.2, 0) is 11.2 Å². The highest BCUT2D eigenvalue weighted by Crippen LogP contribution is 2.24. The van der Waals surface area contributed by atoms with Crippen molar-refractivity contribution in [3.05, 3.63) is 48.5 Å². The number of hydrogen-bond donors (Lipinski definition) is 0. The lowest BCUT2D eigenvalue weighted by atomic mass is 9.90. The predicted octanol–water partition coefficient (Wildman–Crippen LogP) is 2.71. The molecular weight excluding hydrogens is 288 g/mol. The SMILES string of the molecule is CCC(C(=O)N1CCC(Cc2cccnc2)CC1)n1cccn1. The second kappa shape index (κ2) is 7.40. The molecule has 0 aliphatic carbocycles. The molecule has 5 heteroatoms. The molecule has 0 spiro atoms. The second-order valence-corrected chi connectivity index (χ2v) is 6.24. The third-order valence-electron chi connectivity index (χ3n) is 4.69. The van der Waals surface area contributed by atoms with E-state index in [0.29, 0.717) is 5.92 Å². The van der Waals surface area contributed by atoms with Crippen molar-refractivity contribution in [2.24, 2.45) is 5.92 Å². The third kappa shape index (κ3) is 3.78. The molecule has 1 fully saturated rings. The van der Waals surface area contributed by atoms with Crippen LogP contribution in [0.2, 0.25) is 0 Å². The Hall–Kier alpha value is -2.17. The Labute approximate surface area is 137 Å². The number of carbonyl (C=O) groups excluding carboxylic acids is 1. The molecule has 5 nitrogen and oxygen atoms in total. The van der Waals surface area contributed by atoms with Crippen LogP contribution in [0.1, 0.15) is 37.8 Å². The zero-order valence-electron chi connectivity index (χ0n) is 13.6. The van der Waals surface area contributed by atoms with Crippen LogP contribution in [0.3, 0.4) is 0 Å². The van der Waals surface area contributed by atoms with Gasteiger partial charge in [-0.15, -0.1) is 0 Å². The van der Waals surface area contributed by atoms with E-state index in [0.717, 1.165) is 38.8 Å². The van der Waals surface area contributed by atoms with Crippen LogP contribution >= 0.6 is 0 Å². The van der Waals surface area contributed by atoms with Crippen molar-refractivity contribution in [3.63, 3.8) is 0 Å². The van der Waals surface area contributed by atoms with Crippen molar-refractivity contribution < 1.29 is 4.79 Å². The summed E-state index contributed by atoms with van der Waals surface area (Å²) < 4.78 is 1.78. The molecule has 1 aliphatic heterocycles. The van der Waals surface area contributed by atoms with Crippen LogP contribution in [0.4, 0.5) is 0 Å². The zero-order valence-corrected chi connectivity index (χ0v) is 13.6. The quantitative estimate of drug-likeness (QED) is 0.853. The van der Waals surface area contributed by atoms with Crippen LogP contribution in [0.5, 0.6) is 0 Å². The van der Waals surface area contributed by atoms with Gasteiger partial charge in [-0.1, -0.05) is 13.0 Å². The Bertz CT molecular complexity index is 603. The summed E-state index contributed by atoms with van der Waals surface area (Å²) in [4.78, 5) is 18.9. The van der Waals surface area contributed by atoms with Crippen LogP contribution in [0.15, 0.2) is 43.0 Å². The highest BCUT2D eigenvalue weighted by molar-refractivity contribution is 5.80. The van der Waals surface area contributed by atoms with Gasteiger partial charge in [0.1, 0.15) is 6.04 Å².